The van der Waals surface area contributed by atoms with Gasteiger partial charge in [0.05, 0.1) is 0 Å². The van der Waals surface area contributed by atoms with Crippen LogP contribution in [0.15, 0.2) is 12.3 Å². The van der Waals surface area contributed by atoms with Crippen LogP contribution in [0, 0.1) is 11.8 Å². The fraction of sp³-hybridized carbons (Fsp3) is 0.800. The van der Waals surface area contributed by atoms with Crippen molar-refractivity contribution in [2.45, 2.75) is 33.9 Å². The Kier molecular flexibility index (Phi) is 4.98. The molecule has 0 saturated carbocycles. The van der Waals surface area contributed by atoms with Crippen molar-refractivity contribution in [2.24, 2.45) is 11.8 Å². The highest BCUT2D eigenvalue weighted by Crippen LogP contribution is 2.16. The lowest BCUT2D eigenvalue weighted by molar-refractivity contribution is -0.00756. The summed E-state index contributed by atoms with van der Waals surface area (Å²) in [6.07, 6.45) is 3.45. The van der Waals surface area contributed by atoms with Gasteiger partial charge in [-0.3, -0.25) is 0 Å². The van der Waals surface area contributed by atoms with Crippen molar-refractivity contribution in [1.82, 2.24) is 4.90 Å². The zero-order valence-corrected chi connectivity index (χ0v) is 8.78. The SMILES string of the molecule is C/C=C\N(C)C(O)[C@@H](C)C(C)C. The maximum Gasteiger partial charge on any atom is 0.129 e. The Morgan fingerprint density at radius 3 is 2.08 bits per heavy atom. The first-order valence-electron chi connectivity index (χ1n) is 4.53. The molecule has 0 amide bonds. The van der Waals surface area contributed by atoms with Crippen LogP contribution in [-0.2, 0) is 0 Å². The molecule has 0 aromatic carbocycles. The van der Waals surface area contributed by atoms with Crippen molar-refractivity contribution in [3.05, 3.63) is 12.3 Å². The van der Waals surface area contributed by atoms with Crippen LogP contribution in [0.25, 0.3) is 0 Å². The molecule has 0 radical (unpaired) electrons. The van der Waals surface area contributed by atoms with Gasteiger partial charge in [-0.05, 0) is 19.0 Å². The molecule has 2 heteroatoms. The average molecular weight is 171 g/mol. The van der Waals surface area contributed by atoms with Crippen LogP contribution >= 0.6 is 0 Å². The van der Waals surface area contributed by atoms with Gasteiger partial charge in [0, 0.05) is 13.0 Å². The predicted molar refractivity (Wildman–Crippen MR) is 52.6 cm³/mol. The standard InChI is InChI=1S/C10H21NO/c1-6-7-11(5)10(12)9(4)8(2)3/h6-10,12H,1-5H3/b7-6-/t9-,10?/m0/s1. The smallest absolute Gasteiger partial charge is 0.129 e. The van der Waals surface area contributed by atoms with E-state index in [1.807, 2.05) is 31.1 Å². The molecule has 0 aromatic heterocycles. The molecule has 2 nitrogen and oxygen atoms in total. The van der Waals surface area contributed by atoms with Gasteiger partial charge in [-0.2, -0.15) is 0 Å². The minimum atomic E-state index is -0.374. The van der Waals surface area contributed by atoms with Crippen LogP contribution in [0.4, 0.5) is 0 Å². The molecule has 0 rings (SSSR count). The van der Waals surface area contributed by atoms with Crippen molar-refractivity contribution in [1.29, 1.82) is 0 Å². The van der Waals surface area contributed by atoms with E-state index in [9.17, 15) is 5.11 Å². The van der Waals surface area contributed by atoms with Gasteiger partial charge in [-0.25, -0.2) is 0 Å². The molecular weight excluding hydrogens is 150 g/mol. The number of allylic oxidation sites excluding steroid dienone is 1. The number of nitrogens with zero attached hydrogens (tertiary/aromatic N) is 1. The molecule has 0 spiro atoms. The van der Waals surface area contributed by atoms with Gasteiger partial charge >= 0.3 is 0 Å². The highest BCUT2D eigenvalue weighted by atomic mass is 16.3. The second-order valence-electron chi connectivity index (χ2n) is 3.66. The highest BCUT2D eigenvalue weighted by Gasteiger charge is 2.19. The second kappa shape index (κ2) is 5.20. The topological polar surface area (TPSA) is 23.5 Å². The lowest BCUT2D eigenvalue weighted by Crippen LogP contribution is -2.35. The molecule has 0 bridgehead atoms. The van der Waals surface area contributed by atoms with Gasteiger partial charge in [0.25, 0.3) is 0 Å². The summed E-state index contributed by atoms with van der Waals surface area (Å²) in [5.74, 6) is 0.805. The van der Waals surface area contributed by atoms with Crippen molar-refractivity contribution in [2.75, 3.05) is 7.05 Å². The van der Waals surface area contributed by atoms with E-state index in [1.54, 1.807) is 0 Å². The molecule has 0 heterocycles. The van der Waals surface area contributed by atoms with E-state index >= 15 is 0 Å². The number of rotatable bonds is 4. The maximum atomic E-state index is 9.76. The fourth-order valence-electron chi connectivity index (χ4n) is 1.04. The van der Waals surface area contributed by atoms with Gasteiger partial charge in [-0.15, -0.1) is 0 Å². The molecule has 0 aromatic rings. The first-order chi connectivity index (χ1) is 5.50. The molecule has 0 aliphatic rings. The van der Waals surface area contributed by atoms with Crippen molar-refractivity contribution < 1.29 is 5.11 Å². The number of hydrogen-bond donors (Lipinski definition) is 1. The first kappa shape index (κ1) is 11.5. The summed E-state index contributed by atoms with van der Waals surface area (Å²) in [4.78, 5) is 1.84. The summed E-state index contributed by atoms with van der Waals surface area (Å²) in [6, 6.07) is 0. The Hall–Kier alpha value is -0.500. The van der Waals surface area contributed by atoms with E-state index in [0.717, 1.165) is 0 Å². The molecule has 12 heavy (non-hydrogen) atoms. The normalized spacial score (nSPS) is 16.9. The molecule has 1 unspecified atom stereocenters. The van der Waals surface area contributed by atoms with E-state index in [0.29, 0.717) is 11.8 Å². The minimum absolute atomic E-state index is 0.297. The summed E-state index contributed by atoms with van der Waals surface area (Å²) in [5, 5.41) is 9.76. The van der Waals surface area contributed by atoms with Crippen LogP contribution in [0.2, 0.25) is 0 Å². The zero-order valence-electron chi connectivity index (χ0n) is 8.78. The van der Waals surface area contributed by atoms with E-state index in [4.69, 9.17) is 0 Å². The Morgan fingerprint density at radius 2 is 1.75 bits per heavy atom. The van der Waals surface area contributed by atoms with Crippen LogP contribution in [0.5, 0.6) is 0 Å². The van der Waals surface area contributed by atoms with E-state index in [1.165, 1.54) is 0 Å². The van der Waals surface area contributed by atoms with Crippen LogP contribution < -0.4 is 0 Å². The third kappa shape index (κ3) is 3.26. The van der Waals surface area contributed by atoms with Crippen molar-refractivity contribution in [3.8, 4) is 0 Å². The lowest BCUT2D eigenvalue weighted by Gasteiger charge is -2.29. The maximum absolute atomic E-state index is 9.76. The van der Waals surface area contributed by atoms with E-state index < -0.39 is 0 Å². The summed E-state index contributed by atoms with van der Waals surface area (Å²) < 4.78 is 0. The van der Waals surface area contributed by atoms with E-state index in [-0.39, 0.29) is 6.23 Å². The molecular formula is C10H21NO. The van der Waals surface area contributed by atoms with Gasteiger partial charge in [0.1, 0.15) is 6.23 Å². The third-order valence-corrected chi connectivity index (χ3v) is 2.32. The summed E-state index contributed by atoms with van der Waals surface area (Å²) >= 11 is 0. The number of aliphatic hydroxyl groups excluding tert-OH is 1. The fourth-order valence-corrected chi connectivity index (χ4v) is 1.04. The van der Waals surface area contributed by atoms with Crippen molar-refractivity contribution in [3.63, 3.8) is 0 Å². The van der Waals surface area contributed by atoms with Crippen LogP contribution in [0.1, 0.15) is 27.7 Å². The molecule has 0 fully saturated rings. The average Bonchev–Trinajstić information content (AvgIpc) is 2.02. The highest BCUT2D eigenvalue weighted by molar-refractivity contribution is 4.80. The third-order valence-electron chi connectivity index (χ3n) is 2.32. The van der Waals surface area contributed by atoms with Gasteiger partial charge < -0.3 is 10.0 Å². The zero-order chi connectivity index (χ0) is 9.72. The van der Waals surface area contributed by atoms with Gasteiger partial charge in [-0.1, -0.05) is 26.8 Å². The number of aliphatic hydroxyl groups is 1. The molecule has 0 saturated heterocycles. The van der Waals surface area contributed by atoms with Crippen LogP contribution in [0.3, 0.4) is 0 Å². The molecule has 72 valence electrons. The van der Waals surface area contributed by atoms with Gasteiger partial charge in [0.2, 0.25) is 0 Å². The second-order valence-corrected chi connectivity index (χ2v) is 3.66. The minimum Gasteiger partial charge on any atom is -0.373 e. The monoisotopic (exact) mass is 171 g/mol. The van der Waals surface area contributed by atoms with Gasteiger partial charge in [0.15, 0.2) is 0 Å². The lowest BCUT2D eigenvalue weighted by atomic mass is 9.96. The van der Waals surface area contributed by atoms with Crippen molar-refractivity contribution >= 4 is 0 Å². The molecule has 2 atom stereocenters. The Labute approximate surface area is 75.9 Å². The van der Waals surface area contributed by atoms with E-state index in [2.05, 4.69) is 20.8 Å². The van der Waals surface area contributed by atoms with Crippen LogP contribution in [-0.4, -0.2) is 23.3 Å². The Bertz CT molecular complexity index is 143. The molecule has 0 aliphatic heterocycles. The summed E-state index contributed by atoms with van der Waals surface area (Å²) in [6.45, 7) is 8.26. The number of hydrogen-bond acceptors (Lipinski definition) is 2. The summed E-state index contributed by atoms with van der Waals surface area (Å²) in [7, 11) is 1.89. The summed E-state index contributed by atoms with van der Waals surface area (Å²) in [5.41, 5.74) is 0. The Balaban J connectivity index is 4.08. The Morgan fingerprint density at radius 1 is 1.25 bits per heavy atom. The largest absolute Gasteiger partial charge is 0.373 e. The molecule has 0 aliphatic carbocycles. The first-order valence-corrected chi connectivity index (χ1v) is 4.53. The predicted octanol–water partition coefficient (Wildman–Crippen LogP) is 2.06. The molecule has 1 N–H and O–H groups in total. The quantitative estimate of drug-likeness (QED) is 0.654.